The summed E-state index contributed by atoms with van der Waals surface area (Å²) in [5.74, 6) is 0.826. The Bertz CT molecular complexity index is 270. The maximum atomic E-state index is 5.45. The van der Waals surface area contributed by atoms with E-state index in [1.54, 1.807) is 6.20 Å². The molecule has 0 aromatic carbocycles. The number of rotatable bonds is 7. The van der Waals surface area contributed by atoms with E-state index in [4.69, 9.17) is 4.74 Å². The Labute approximate surface area is 84.6 Å². The molecule has 78 valence electrons. The molecular formula is C10H17N3O. The first-order valence-corrected chi connectivity index (χ1v) is 4.83. The zero-order chi connectivity index (χ0) is 10.2. The van der Waals surface area contributed by atoms with Gasteiger partial charge in [0, 0.05) is 19.6 Å². The zero-order valence-electron chi connectivity index (χ0n) is 8.57. The fraction of sp³-hybridized carbons (Fsp3) is 0.500. The van der Waals surface area contributed by atoms with E-state index >= 15 is 0 Å². The van der Waals surface area contributed by atoms with Gasteiger partial charge in [0.05, 0.1) is 12.4 Å². The van der Waals surface area contributed by atoms with Crippen molar-refractivity contribution < 1.29 is 4.74 Å². The fourth-order valence-electron chi connectivity index (χ4n) is 1.04. The predicted molar refractivity (Wildman–Crippen MR) is 56.5 cm³/mol. The van der Waals surface area contributed by atoms with Crippen LogP contribution in [0.1, 0.15) is 6.92 Å². The quantitative estimate of drug-likeness (QED) is 0.522. The van der Waals surface area contributed by atoms with Gasteiger partial charge in [-0.15, -0.1) is 6.58 Å². The first kappa shape index (κ1) is 10.8. The lowest BCUT2D eigenvalue weighted by Gasteiger charge is -2.02. The molecule has 4 heteroatoms. The van der Waals surface area contributed by atoms with Crippen molar-refractivity contribution in [2.45, 2.75) is 13.5 Å². The van der Waals surface area contributed by atoms with Crippen LogP contribution in [0.4, 0.5) is 0 Å². The first-order valence-electron chi connectivity index (χ1n) is 4.83. The minimum Gasteiger partial charge on any atom is -0.489 e. The second-order valence-corrected chi connectivity index (χ2v) is 2.87. The maximum absolute atomic E-state index is 5.45. The lowest BCUT2D eigenvalue weighted by molar-refractivity contribution is 0.316. The van der Waals surface area contributed by atoms with Crippen LogP contribution in [0.2, 0.25) is 0 Å². The Morgan fingerprint density at radius 3 is 3.21 bits per heavy atom. The molecule has 0 saturated carbocycles. The largest absolute Gasteiger partial charge is 0.489 e. The van der Waals surface area contributed by atoms with Crippen LogP contribution in [0.5, 0.6) is 5.75 Å². The zero-order valence-corrected chi connectivity index (χ0v) is 8.57. The van der Waals surface area contributed by atoms with Gasteiger partial charge in [-0.25, -0.2) is 0 Å². The minimum absolute atomic E-state index is 0.656. The maximum Gasteiger partial charge on any atom is 0.157 e. The molecule has 0 amide bonds. The highest BCUT2D eigenvalue weighted by Gasteiger charge is 1.96. The summed E-state index contributed by atoms with van der Waals surface area (Å²) in [6, 6.07) is 0. The number of hydrogen-bond donors (Lipinski definition) is 1. The third-order valence-electron chi connectivity index (χ3n) is 1.77. The average molecular weight is 195 g/mol. The van der Waals surface area contributed by atoms with Crippen molar-refractivity contribution in [2.24, 2.45) is 0 Å². The van der Waals surface area contributed by atoms with Gasteiger partial charge in [0.2, 0.25) is 0 Å². The summed E-state index contributed by atoms with van der Waals surface area (Å²) in [5, 5.41) is 7.26. The molecule has 1 heterocycles. The lowest BCUT2D eigenvalue weighted by atomic mass is 10.5. The van der Waals surface area contributed by atoms with Crippen molar-refractivity contribution in [3.63, 3.8) is 0 Å². The van der Waals surface area contributed by atoms with Gasteiger partial charge in [0.1, 0.15) is 6.61 Å². The number of ether oxygens (including phenoxy) is 1. The van der Waals surface area contributed by atoms with Gasteiger partial charge < -0.3 is 10.1 Å². The molecule has 0 fully saturated rings. The van der Waals surface area contributed by atoms with Crippen LogP contribution in [0.15, 0.2) is 25.0 Å². The van der Waals surface area contributed by atoms with Crippen LogP contribution in [-0.4, -0.2) is 29.5 Å². The molecule has 0 bridgehead atoms. The molecule has 0 aliphatic heterocycles. The standard InChI is InChI=1S/C10H17N3O/c1-3-5-11-6-7-14-10-8-12-13(4-2)9-10/h3,8-9,11H,1,4-7H2,2H3. The van der Waals surface area contributed by atoms with Crippen molar-refractivity contribution in [1.82, 2.24) is 15.1 Å². The Hall–Kier alpha value is -1.29. The van der Waals surface area contributed by atoms with Gasteiger partial charge in [-0.1, -0.05) is 6.08 Å². The smallest absolute Gasteiger partial charge is 0.157 e. The highest BCUT2D eigenvalue weighted by Crippen LogP contribution is 2.06. The average Bonchev–Trinajstić information content (AvgIpc) is 2.65. The number of nitrogens with one attached hydrogen (secondary N) is 1. The van der Waals surface area contributed by atoms with Gasteiger partial charge in [-0.2, -0.15) is 5.10 Å². The van der Waals surface area contributed by atoms with E-state index in [0.717, 1.165) is 25.4 Å². The van der Waals surface area contributed by atoms with Crippen molar-refractivity contribution in [3.05, 3.63) is 25.0 Å². The van der Waals surface area contributed by atoms with Gasteiger partial charge in [-0.05, 0) is 6.92 Å². The van der Waals surface area contributed by atoms with Crippen LogP contribution in [0, 0.1) is 0 Å². The summed E-state index contributed by atoms with van der Waals surface area (Å²) in [5.41, 5.74) is 0. The van der Waals surface area contributed by atoms with Crippen molar-refractivity contribution in [3.8, 4) is 5.75 Å². The van der Waals surface area contributed by atoms with Crippen LogP contribution in [0.3, 0.4) is 0 Å². The Kier molecular flexibility index (Phi) is 4.78. The first-order chi connectivity index (χ1) is 6.86. The van der Waals surface area contributed by atoms with Crippen molar-refractivity contribution in [2.75, 3.05) is 19.7 Å². The summed E-state index contributed by atoms with van der Waals surface area (Å²) in [6.07, 6.45) is 5.46. The van der Waals surface area contributed by atoms with Crippen LogP contribution < -0.4 is 10.1 Å². The van der Waals surface area contributed by atoms with Gasteiger partial charge in [0.15, 0.2) is 5.75 Å². The third kappa shape index (κ3) is 3.62. The van der Waals surface area contributed by atoms with Crippen molar-refractivity contribution >= 4 is 0 Å². The molecule has 0 saturated heterocycles. The fourth-order valence-corrected chi connectivity index (χ4v) is 1.04. The highest BCUT2D eigenvalue weighted by molar-refractivity contribution is 5.11. The molecule has 1 aromatic heterocycles. The Balaban J connectivity index is 2.14. The molecule has 0 radical (unpaired) electrons. The predicted octanol–water partition coefficient (Wildman–Crippen LogP) is 1.06. The van der Waals surface area contributed by atoms with Crippen molar-refractivity contribution in [1.29, 1.82) is 0 Å². The van der Waals surface area contributed by atoms with Crippen LogP contribution in [0.25, 0.3) is 0 Å². The van der Waals surface area contributed by atoms with Gasteiger partial charge >= 0.3 is 0 Å². The van der Waals surface area contributed by atoms with Crippen LogP contribution in [-0.2, 0) is 6.54 Å². The molecule has 1 N–H and O–H groups in total. The van der Waals surface area contributed by atoms with E-state index in [-0.39, 0.29) is 0 Å². The van der Waals surface area contributed by atoms with Crippen LogP contribution >= 0.6 is 0 Å². The molecule has 1 rings (SSSR count). The second kappa shape index (κ2) is 6.21. The summed E-state index contributed by atoms with van der Waals surface area (Å²) in [6.45, 7) is 8.83. The van der Waals surface area contributed by atoms with E-state index in [9.17, 15) is 0 Å². The molecule has 0 atom stereocenters. The summed E-state index contributed by atoms with van der Waals surface area (Å²) in [7, 11) is 0. The number of hydrogen-bond acceptors (Lipinski definition) is 3. The third-order valence-corrected chi connectivity index (χ3v) is 1.77. The second-order valence-electron chi connectivity index (χ2n) is 2.87. The summed E-state index contributed by atoms with van der Waals surface area (Å²) >= 11 is 0. The molecule has 0 spiro atoms. The van der Waals surface area contributed by atoms with E-state index in [1.807, 2.05) is 23.9 Å². The minimum atomic E-state index is 0.656. The monoisotopic (exact) mass is 195 g/mol. The van der Waals surface area contributed by atoms with E-state index in [2.05, 4.69) is 17.0 Å². The normalized spacial score (nSPS) is 10.1. The molecule has 4 nitrogen and oxygen atoms in total. The lowest BCUT2D eigenvalue weighted by Crippen LogP contribution is -2.20. The summed E-state index contributed by atoms with van der Waals surface area (Å²) < 4.78 is 7.29. The number of aryl methyl sites for hydroxylation is 1. The Morgan fingerprint density at radius 1 is 1.71 bits per heavy atom. The number of nitrogens with zero attached hydrogens (tertiary/aromatic N) is 2. The van der Waals surface area contributed by atoms with E-state index < -0.39 is 0 Å². The SMILES string of the molecule is C=CCNCCOc1cnn(CC)c1. The molecule has 14 heavy (non-hydrogen) atoms. The highest BCUT2D eigenvalue weighted by atomic mass is 16.5. The molecule has 0 unspecified atom stereocenters. The molecule has 0 aliphatic rings. The van der Waals surface area contributed by atoms with Gasteiger partial charge in [0.25, 0.3) is 0 Å². The van der Waals surface area contributed by atoms with E-state index in [0.29, 0.717) is 6.61 Å². The topological polar surface area (TPSA) is 39.1 Å². The summed E-state index contributed by atoms with van der Waals surface area (Å²) in [4.78, 5) is 0. The Morgan fingerprint density at radius 2 is 2.57 bits per heavy atom. The number of aromatic nitrogens is 2. The molecular weight excluding hydrogens is 178 g/mol. The molecule has 1 aromatic rings. The van der Waals surface area contributed by atoms with E-state index in [1.165, 1.54) is 0 Å². The van der Waals surface area contributed by atoms with Gasteiger partial charge in [-0.3, -0.25) is 4.68 Å². The molecule has 0 aliphatic carbocycles.